The Bertz CT molecular complexity index is 1570. The predicted octanol–water partition coefficient (Wildman–Crippen LogP) is 3.61. The number of benzene rings is 1. The summed E-state index contributed by atoms with van der Waals surface area (Å²) in [7, 11) is 3.89. The Morgan fingerprint density at radius 1 is 1.08 bits per heavy atom. The SMILES string of the molecule is CNC1CN(c2ccc3nc4n(c3c2)C[C@@H]2CC[C@H](COc3c(cnn3C)-c3cc(cc(C)n3)C(=O)N4)C2)C1. The molecule has 1 saturated heterocycles. The van der Waals surface area contributed by atoms with Crippen molar-refractivity contribution in [1.82, 2.24) is 29.6 Å². The normalized spacial score (nSPS) is 21.4. The number of aryl methyl sites for hydroxylation is 2. The number of hydrogen-bond donors (Lipinski definition) is 2. The Morgan fingerprint density at radius 3 is 2.77 bits per heavy atom. The average Bonchev–Trinajstić information content (AvgIpc) is 3.59. The lowest BCUT2D eigenvalue weighted by molar-refractivity contribution is 0.102. The molecule has 2 atom stereocenters. The number of hydrogen-bond acceptors (Lipinski definition) is 7. The predicted molar refractivity (Wildman–Crippen MR) is 150 cm³/mol. The van der Waals surface area contributed by atoms with E-state index in [1.807, 2.05) is 33.2 Å². The van der Waals surface area contributed by atoms with Crippen LogP contribution in [-0.4, -0.2) is 63.0 Å². The molecule has 2 N–H and O–H groups in total. The fourth-order valence-corrected chi connectivity index (χ4v) is 6.30. The van der Waals surface area contributed by atoms with E-state index >= 15 is 0 Å². The Hall–Kier alpha value is -3.92. The lowest BCUT2D eigenvalue weighted by atomic mass is 10.1. The van der Waals surface area contributed by atoms with E-state index in [4.69, 9.17) is 14.7 Å². The molecule has 5 heterocycles. The molecule has 0 spiro atoms. The third-order valence-corrected chi connectivity index (χ3v) is 8.53. The zero-order valence-electron chi connectivity index (χ0n) is 22.6. The van der Waals surface area contributed by atoms with E-state index in [9.17, 15) is 4.79 Å². The van der Waals surface area contributed by atoms with E-state index in [1.54, 1.807) is 10.9 Å². The summed E-state index contributed by atoms with van der Waals surface area (Å²) in [5.41, 5.74) is 5.90. The lowest BCUT2D eigenvalue weighted by Crippen LogP contribution is -2.57. The maximum absolute atomic E-state index is 13.6. The molecule has 10 heteroatoms. The van der Waals surface area contributed by atoms with Gasteiger partial charge in [-0.1, -0.05) is 0 Å². The Kier molecular flexibility index (Phi) is 5.80. The fourth-order valence-electron chi connectivity index (χ4n) is 6.30. The second kappa shape index (κ2) is 9.37. The molecule has 7 rings (SSSR count). The first-order valence-electron chi connectivity index (χ1n) is 13.8. The molecule has 10 nitrogen and oxygen atoms in total. The first-order chi connectivity index (χ1) is 18.9. The van der Waals surface area contributed by atoms with Crippen LogP contribution in [0.25, 0.3) is 22.3 Å². The van der Waals surface area contributed by atoms with Gasteiger partial charge in [0.15, 0.2) is 0 Å². The number of imidazole rings is 1. The van der Waals surface area contributed by atoms with Crippen LogP contribution in [0.5, 0.6) is 5.88 Å². The van der Waals surface area contributed by atoms with Gasteiger partial charge in [-0.2, -0.15) is 5.10 Å². The molecule has 3 aromatic heterocycles. The quantitative estimate of drug-likeness (QED) is 0.411. The maximum atomic E-state index is 13.6. The summed E-state index contributed by atoms with van der Waals surface area (Å²) in [6.07, 6.45) is 5.07. The number of aromatic nitrogens is 5. The van der Waals surface area contributed by atoms with Gasteiger partial charge in [-0.3, -0.25) is 15.1 Å². The molecule has 202 valence electrons. The highest BCUT2D eigenvalue weighted by Gasteiger charge is 2.30. The number of anilines is 2. The molecule has 0 unspecified atom stereocenters. The van der Waals surface area contributed by atoms with Crippen molar-refractivity contribution in [3.05, 3.63) is 47.8 Å². The van der Waals surface area contributed by atoms with Crippen molar-refractivity contribution in [1.29, 1.82) is 0 Å². The molecule has 4 aromatic rings. The van der Waals surface area contributed by atoms with Gasteiger partial charge < -0.3 is 19.5 Å². The minimum atomic E-state index is -0.205. The van der Waals surface area contributed by atoms with E-state index in [1.165, 1.54) is 5.69 Å². The summed E-state index contributed by atoms with van der Waals surface area (Å²) >= 11 is 0. The summed E-state index contributed by atoms with van der Waals surface area (Å²) in [4.78, 5) is 25.6. The van der Waals surface area contributed by atoms with Crippen LogP contribution in [0.2, 0.25) is 0 Å². The third kappa shape index (κ3) is 4.32. The largest absolute Gasteiger partial charge is 0.477 e. The highest BCUT2D eigenvalue weighted by molar-refractivity contribution is 6.05. The maximum Gasteiger partial charge on any atom is 0.258 e. The number of fused-ring (bicyclic) bond motifs is 9. The van der Waals surface area contributed by atoms with Crippen molar-refractivity contribution in [3.63, 3.8) is 0 Å². The Labute approximate surface area is 227 Å². The number of rotatable bonds is 2. The van der Waals surface area contributed by atoms with E-state index in [2.05, 4.69) is 43.4 Å². The first kappa shape index (κ1) is 24.1. The van der Waals surface area contributed by atoms with Crippen molar-refractivity contribution in [2.24, 2.45) is 18.9 Å². The third-order valence-electron chi connectivity index (χ3n) is 8.53. The Balaban J connectivity index is 1.30. The van der Waals surface area contributed by atoms with Crippen molar-refractivity contribution >= 4 is 28.6 Å². The van der Waals surface area contributed by atoms with Gasteiger partial charge in [0, 0.05) is 49.7 Å². The van der Waals surface area contributed by atoms with E-state index in [0.717, 1.165) is 61.2 Å². The van der Waals surface area contributed by atoms with Gasteiger partial charge in [-0.05, 0) is 75.4 Å². The average molecular weight is 527 g/mol. The number of nitrogens with zero attached hydrogens (tertiary/aromatic N) is 6. The van der Waals surface area contributed by atoms with E-state index < -0.39 is 0 Å². The topological polar surface area (TPSA) is 102 Å². The van der Waals surface area contributed by atoms with Gasteiger partial charge in [0.05, 0.1) is 35.1 Å². The molecule has 39 heavy (non-hydrogen) atoms. The number of amides is 1. The van der Waals surface area contributed by atoms with Crippen LogP contribution in [0.4, 0.5) is 11.6 Å². The number of carbonyl (C=O) groups excluding carboxylic acids is 1. The number of ether oxygens (including phenoxy) is 1. The summed E-state index contributed by atoms with van der Waals surface area (Å²) in [5.74, 6) is 2.02. The van der Waals surface area contributed by atoms with Crippen LogP contribution < -0.4 is 20.3 Å². The lowest BCUT2D eigenvalue weighted by Gasteiger charge is -2.40. The van der Waals surface area contributed by atoms with Gasteiger partial charge in [0.1, 0.15) is 0 Å². The molecule has 1 aliphatic carbocycles. The molecular weight excluding hydrogens is 492 g/mol. The number of likely N-dealkylation sites (N-methyl/N-ethyl adjacent to an activating group) is 1. The van der Waals surface area contributed by atoms with Crippen LogP contribution >= 0.6 is 0 Å². The van der Waals surface area contributed by atoms with Crippen molar-refractivity contribution in [2.45, 2.75) is 38.8 Å². The molecule has 1 aromatic carbocycles. The standard InChI is InChI=1S/C29H34N8O2/c1-17-8-20-10-25(32-17)23-12-31-35(3)28(23)39-16-19-5-4-18(9-19)13-37-26-11-22(36-14-21(15-36)30-2)6-7-24(26)33-29(37)34-27(20)38/h6-8,10-12,18-19,21,30H,4-5,9,13-16H2,1-3H3,(H,33,34,38)/t18-,19+/m1/s1. The van der Waals surface area contributed by atoms with Crippen LogP contribution in [0, 0.1) is 18.8 Å². The van der Waals surface area contributed by atoms with Gasteiger partial charge in [-0.15, -0.1) is 0 Å². The van der Waals surface area contributed by atoms with Crippen LogP contribution in [0.1, 0.15) is 35.3 Å². The smallest absolute Gasteiger partial charge is 0.258 e. The molecule has 1 saturated carbocycles. The van der Waals surface area contributed by atoms with Gasteiger partial charge in [-0.25, -0.2) is 9.67 Å². The van der Waals surface area contributed by atoms with E-state index in [-0.39, 0.29) is 5.91 Å². The minimum Gasteiger partial charge on any atom is -0.477 e. The fraction of sp³-hybridized carbons (Fsp3) is 0.448. The summed E-state index contributed by atoms with van der Waals surface area (Å²) < 4.78 is 10.3. The highest BCUT2D eigenvalue weighted by atomic mass is 16.5. The second-order valence-electron chi connectivity index (χ2n) is 11.3. The molecule has 2 fully saturated rings. The Morgan fingerprint density at radius 2 is 1.92 bits per heavy atom. The number of pyridine rings is 1. The molecular formula is C29H34N8O2. The molecule has 0 radical (unpaired) electrons. The zero-order valence-corrected chi connectivity index (χ0v) is 22.6. The van der Waals surface area contributed by atoms with Gasteiger partial charge in [0.25, 0.3) is 5.91 Å². The number of carbonyl (C=O) groups is 1. The summed E-state index contributed by atoms with van der Waals surface area (Å²) in [6, 6.07) is 10.6. The van der Waals surface area contributed by atoms with Crippen molar-refractivity contribution in [2.75, 3.05) is 37.0 Å². The van der Waals surface area contributed by atoms with Crippen molar-refractivity contribution in [3.8, 4) is 17.1 Å². The van der Waals surface area contributed by atoms with Crippen LogP contribution in [0.3, 0.4) is 0 Å². The first-order valence-corrected chi connectivity index (χ1v) is 13.8. The second-order valence-corrected chi connectivity index (χ2v) is 11.3. The molecule has 2 aliphatic heterocycles. The van der Waals surface area contributed by atoms with Crippen LogP contribution in [0.15, 0.2) is 36.5 Å². The number of nitrogens with one attached hydrogen (secondary N) is 2. The van der Waals surface area contributed by atoms with Gasteiger partial charge in [0.2, 0.25) is 11.8 Å². The molecule has 1 amide bonds. The molecule has 4 bridgehead atoms. The van der Waals surface area contributed by atoms with Gasteiger partial charge >= 0.3 is 0 Å². The monoisotopic (exact) mass is 526 g/mol. The summed E-state index contributed by atoms with van der Waals surface area (Å²) in [5, 5.41) is 10.9. The van der Waals surface area contributed by atoms with E-state index in [0.29, 0.717) is 47.6 Å². The minimum absolute atomic E-state index is 0.205. The zero-order chi connectivity index (χ0) is 26.7. The van der Waals surface area contributed by atoms with Crippen molar-refractivity contribution < 1.29 is 9.53 Å². The summed E-state index contributed by atoms with van der Waals surface area (Å²) in [6.45, 7) is 5.33. The molecule has 3 aliphatic rings. The van der Waals surface area contributed by atoms with Crippen LogP contribution in [-0.2, 0) is 13.6 Å². The highest BCUT2D eigenvalue weighted by Crippen LogP contribution is 2.37.